The summed E-state index contributed by atoms with van der Waals surface area (Å²) >= 11 is 0. The Morgan fingerprint density at radius 1 is 1.32 bits per heavy atom. The quantitative estimate of drug-likeness (QED) is 0.860. The molecule has 0 saturated carbocycles. The number of nitrogens with zero attached hydrogens (tertiary/aromatic N) is 2. The first-order chi connectivity index (χ1) is 10.4. The van der Waals surface area contributed by atoms with Crippen molar-refractivity contribution in [3.05, 3.63) is 23.8 Å². The van der Waals surface area contributed by atoms with Gasteiger partial charge in [0.05, 0.1) is 12.8 Å². The van der Waals surface area contributed by atoms with Gasteiger partial charge in [0.1, 0.15) is 11.8 Å². The lowest BCUT2D eigenvalue weighted by Gasteiger charge is -2.40. The van der Waals surface area contributed by atoms with E-state index in [1.807, 2.05) is 39.0 Å². The third-order valence-corrected chi connectivity index (χ3v) is 4.06. The maximum Gasteiger partial charge on any atom is 0.249 e. The predicted octanol–water partition coefficient (Wildman–Crippen LogP) is 2.22. The average molecular weight is 304 g/mol. The topological polar surface area (TPSA) is 49.9 Å². The van der Waals surface area contributed by atoms with Gasteiger partial charge in [-0.2, -0.15) is 0 Å². The molecule has 1 aliphatic heterocycles. The Morgan fingerprint density at radius 2 is 2.00 bits per heavy atom. The monoisotopic (exact) mass is 304 g/mol. The molecule has 0 spiro atoms. The van der Waals surface area contributed by atoms with Crippen LogP contribution in [0.2, 0.25) is 0 Å². The van der Waals surface area contributed by atoms with E-state index in [9.17, 15) is 9.59 Å². The fourth-order valence-corrected chi connectivity index (χ4v) is 2.75. The number of amides is 2. The number of ether oxygens (including phenoxy) is 1. The van der Waals surface area contributed by atoms with Gasteiger partial charge >= 0.3 is 0 Å². The van der Waals surface area contributed by atoms with Crippen molar-refractivity contribution in [1.29, 1.82) is 0 Å². The van der Waals surface area contributed by atoms with E-state index in [0.29, 0.717) is 18.8 Å². The molecular formula is C17H24N2O3. The van der Waals surface area contributed by atoms with Crippen LogP contribution >= 0.6 is 0 Å². The maximum absolute atomic E-state index is 12.7. The van der Waals surface area contributed by atoms with Crippen molar-refractivity contribution in [3.63, 3.8) is 0 Å². The molecule has 0 aliphatic carbocycles. The number of carbonyl (C=O) groups is 2. The van der Waals surface area contributed by atoms with E-state index in [1.165, 1.54) is 0 Å². The first-order valence-corrected chi connectivity index (χ1v) is 7.63. The second-order valence-corrected chi connectivity index (χ2v) is 6.03. The lowest BCUT2D eigenvalue weighted by atomic mass is 10.1. The molecular weight excluding hydrogens is 280 g/mol. The normalized spacial score (nSPS) is 18.8. The van der Waals surface area contributed by atoms with Crippen LogP contribution in [0.25, 0.3) is 0 Å². The van der Waals surface area contributed by atoms with Crippen molar-refractivity contribution < 1.29 is 14.3 Å². The Balaban J connectivity index is 2.28. The molecule has 5 heteroatoms. The van der Waals surface area contributed by atoms with Gasteiger partial charge in [-0.05, 0) is 31.5 Å². The van der Waals surface area contributed by atoms with E-state index in [2.05, 4.69) is 0 Å². The van der Waals surface area contributed by atoms with Gasteiger partial charge in [-0.25, -0.2) is 0 Å². The smallest absolute Gasteiger partial charge is 0.249 e. The van der Waals surface area contributed by atoms with E-state index >= 15 is 0 Å². The van der Waals surface area contributed by atoms with Crippen LogP contribution < -0.4 is 9.64 Å². The molecule has 22 heavy (non-hydrogen) atoms. The molecule has 2 rings (SSSR count). The molecule has 1 saturated heterocycles. The fourth-order valence-electron chi connectivity index (χ4n) is 2.75. The Hall–Kier alpha value is -2.04. The van der Waals surface area contributed by atoms with Crippen molar-refractivity contribution in [1.82, 2.24) is 4.90 Å². The van der Waals surface area contributed by atoms with Crippen molar-refractivity contribution >= 4 is 17.5 Å². The highest BCUT2D eigenvalue weighted by Crippen LogP contribution is 2.31. The standard InChI is InChI=1S/C17H24N2O3/c1-11(2)16(20)18-8-9-19(17(21)13(18)4)14-10-12(3)6-7-15(14)22-5/h6-7,10-11,13H,8-9H2,1-5H3/t13-/m0/s1. The number of hydrogen-bond donors (Lipinski definition) is 0. The minimum absolute atomic E-state index is 0.0247. The van der Waals surface area contributed by atoms with Crippen LogP contribution in [0, 0.1) is 12.8 Å². The molecule has 1 aromatic carbocycles. The molecule has 120 valence electrons. The van der Waals surface area contributed by atoms with Gasteiger partial charge in [-0.3, -0.25) is 9.59 Å². The Morgan fingerprint density at radius 3 is 2.59 bits per heavy atom. The Labute approximate surface area is 131 Å². The van der Waals surface area contributed by atoms with Crippen LogP contribution in [0.15, 0.2) is 18.2 Å². The number of piperazine rings is 1. The van der Waals surface area contributed by atoms with Crippen LogP contribution in [-0.2, 0) is 9.59 Å². The molecule has 1 atom stereocenters. The lowest BCUT2D eigenvalue weighted by Crippen LogP contribution is -2.58. The number of aryl methyl sites for hydroxylation is 1. The van der Waals surface area contributed by atoms with Crippen LogP contribution in [0.3, 0.4) is 0 Å². The second-order valence-electron chi connectivity index (χ2n) is 6.03. The van der Waals surface area contributed by atoms with Crippen molar-refractivity contribution in [2.75, 3.05) is 25.1 Å². The molecule has 1 fully saturated rings. The van der Waals surface area contributed by atoms with Gasteiger partial charge in [0.15, 0.2) is 0 Å². The zero-order valence-corrected chi connectivity index (χ0v) is 13.9. The van der Waals surface area contributed by atoms with E-state index in [0.717, 1.165) is 11.3 Å². The lowest BCUT2D eigenvalue weighted by molar-refractivity contribution is -0.143. The molecule has 0 N–H and O–H groups in total. The average Bonchev–Trinajstić information content (AvgIpc) is 2.49. The van der Waals surface area contributed by atoms with E-state index in [4.69, 9.17) is 4.74 Å². The summed E-state index contributed by atoms with van der Waals surface area (Å²) in [6, 6.07) is 5.32. The highest BCUT2D eigenvalue weighted by atomic mass is 16.5. The number of rotatable bonds is 3. The number of methoxy groups -OCH3 is 1. The van der Waals surface area contributed by atoms with Crippen LogP contribution in [0.1, 0.15) is 26.3 Å². The van der Waals surface area contributed by atoms with E-state index in [-0.39, 0.29) is 17.7 Å². The molecule has 5 nitrogen and oxygen atoms in total. The summed E-state index contributed by atoms with van der Waals surface area (Å²) in [7, 11) is 1.60. The van der Waals surface area contributed by atoms with Crippen molar-refractivity contribution in [2.45, 2.75) is 33.7 Å². The molecule has 0 bridgehead atoms. The first-order valence-electron chi connectivity index (χ1n) is 7.63. The molecule has 1 aromatic rings. The number of hydrogen-bond acceptors (Lipinski definition) is 3. The van der Waals surface area contributed by atoms with E-state index in [1.54, 1.807) is 23.8 Å². The van der Waals surface area contributed by atoms with Gasteiger partial charge in [0.25, 0.3) is 0 Å². The summed E-state index contributed by atoms with van der Waals surface area (Å²) in [6.45, 7) is 8.51. The van der Waals surface area contributed by atoms with Crippen LogP contribution in [-0.4, -0.2) is 43.0 Å². The summed E-state index contributed by atoms with van der Waals surface area (Å²) in [5.74, 6) is 0.533. The molecule has 1 heterocycles. The van der Waals surface area contributed by atoms with Crippen molar-refractivity contribution in [2.24, 2.45) is 5.92 Å². The molecule has 1 aliphatic rings. The Bertz CT molecular complexity index is 583. The summed E-state index contributed by atoms with van der Waals surface area (Å²) < 4.78 is 5.38. The highest BCUT2D eigenvalue weighted by molar-refractivity contribution is 6.01. The fraction of sp³-hybridized carbons (Fsp3) is 0.529. The minimum Gasteiger partial charge on any atom is -0.495 e. The maximum atomic E-state index is 12.7. The van der Waals surface area contributed by atoms with Crippen molar-refractivity contribution in [3.8, 4) is 5.75 Å². The molecule has 0 aromatic heterocycles. The third kappa shape index (κ3) is 2.93. The van der Waals surface area contributed by atoms with Gasteiger partial charge < -0.3 is 14.5 Å². The zero-order valence-electron chi connectivity index (χ0n) is 13.9. The summed E-state index contributed by atoms with van der Waals surface area (Å²) in [5, 5.41) is 0. The molecule has 2 amide bonds. The second kappa shape index (κ2) is 6.38. The minimum atomic E-state index is -0.450. The van der Waals surface area contributed by atoms with Crippen LogP contribution in [0.5, 0.6) is 5.75 Å². The van der Waals surface area contributed by atoms with E-state index < -0.39 is 6.04 Å². The van der Waals surface area contributed by atoms with Gasteiger partial charge in [0, 0.05) is 19.0 Å². The number of anilines is 1. The largest absolute Gasteiger partial charge is 0.495 e. The zero-order chi connectivity index (χ0) is 16.4. The van der Waals surface area contributed by atoms with Gasteiger partial charge in [-0.15, -0.1) is 0 Å². The van der Waals surface area contributed by atoms with Crippen LogP contribution in [0.4, 0.5) is 5.69 Å². The number of benzene rings is 1. The third-order valence-electron chi connectivity index (χ3n) is 4.06. The summed E-state index contributed by atoms with van der Waals surface area (Å²) in [4.78, 5) is 28.3. The first kappa shape index (κ1) is 16.3. The van der Waals surface area contributed by atoms with Gasteiger partial charge in [0.2, 0.25) is 11.8 Å². The Kier molecular flexibility index (Phi) is 4.74. The SMILES string of the molecule is COc1ccc(C)cc1N1CCN(C(=O)C(C)C)[C@@H](C)C1=O. The summed E-state index contributed by atoms with van der Waals surface area (Å²) in [5.41, 5.74) is 1.84. The van der Waals surface area contributed by atoms with Gasteiger partial charge in [-0.1, -0.05) is 19.9 Å². The highest BCUT2D eigenvalue weighted by Gasteiger charge is 2.36. The predicted molar refractivity (Wildman–Crippen MR) is 86.1 cm³/mol. The number of carbonyl (C=O) groups excluding carboxylic acids is 2. The molecule has 0 radical (unpaired) electrons. The summed E-state index contributed by atoms with van der Waals surface area (Å²) in [6.07, 6.45) is 0. The molecule has 0 unspecified atom stereocenters.